The number of ether oxygens (including phenoxy) is 1. The molecule has 3 aromatic rings. The van der Waals surface area contributed by atoms with Gasteiger partial charge in [-0.1, -0.05) is 59.6 Å². The molecular formula is C29H27ClFNO5. The van der Waals surface area contributed by atoms with E-state index < -0.39 is 41.1 Å². The molecule has 1 aliphatic heterocycles. The van der Waals surface area contributed by atoms with E-state index in [1.807, 2.05) is 13.0 Å². The molecule has 1 saturated heterocycles. The largest absolute Gasteiger partial charge is 0.479 e. The Balaban J connectivity index is 2.04. The van der Waals surface area contributed by atoms with Crippen molar-refractivity contribution in [1.82, 2.24) is 4.90 Å². The summed E-state index contributed by atoms with van der Waals surface area (Å²) in [5, 5.41) is 11.1. The average molecular weight is 524 g/mol. The smallest absolute Gasteiger partial charge is 0.330 e. The van der Waals surface area contributed by atoms with E-state index in [0.29, 0.717) is 21.7 Å². The van der Waals surface area contributed by atoms with E-state index in [-0.39, 0.29) is 12.4 Å². The number of methoxy groups -OCH3 is 1. The van der Waals surface area contributed by atoms with Crippen LogP contribution in [-0.4, -0.2) is 46.9 Å². The Kier molecular flexibility index (Phi) is 7.48. The van der Waals surface area contributed by atoms with Gasteiger partial charge in [-0.25, -0.2) is 9.18 Å². The number of aryl methyl sites for hydroxylation is 1. The molecule has 192 valence electrons. The Morgan fingerprint density at radius 2 is 1.65 bits per heavy atom. The maximum absolute atomic E-state index is 14.3. The number of ketones is 1. The summed E-state index contributed by atoms with van der Waals surface area (Å²) in [6.07, 6.45) is 0. The van der Waals surface area contributed by atoms with Gasteiger partial charge in [0.2, 0.25) is 5.91 Å². The Labute approximate surface area is 219 Å². The molecule has 4 atom stereocenters. The van der Waals surface area contributed by atoms with Crippen molar-refractivity contribution >= 4 is 29.3 Å². The standard InChI is InChI=1S/C29H27ClFNO5/c1-17-5-4-6-20(15-17)27(34)24-25(18-9-13-22(31)14-10-18)29(2,28(35)36)32(23(33)16-37-3)26(24)19-7-11-21(30)12-8-19/h4-15,24-26H,16H2,1-3H3,(H,35,36). The first-order chi connectivity index (χ1) is 17.6. The first-order valence-electron chi connectivity index (χ1n) is 11.8. The number of hydrogen-bond acceptors (Lipinski definition) is 4. The monoisotopic (exact) mass is 523 g/mol. The summed E-state index contributed by atoms with van der Waals surface area (Å²) in [6.45, 7) is 2.91. The SMILES string of the molecule is COCC(=O)N1C(c2ccc(Cl)cc2)C(C(=O)c2cccc(C)c2)C(c2ccc(F)cc2)C1(C)C(=O)O. The van der Waals surface area contributed by atoms with Gasteiger partial charge in [0.1, 0.15) is 18.0 Å². The second kappa shape index (κ2) is 10.4. The number of carboxylic acid groups (broad SMARTS) is 1. The molecule has 1 amide bonds. The Morgan fingerprint density at radius 1 is 1.03 bits per heavy atom. The quantitative estimate of drug-likeness (QED) is 0.417. The molecule has 0 aliphatic carbocycles. The summed E-state index contributed by atoms with van der Waals surface area (Å²) < 4.78 is 19.0. The molecule has 0 aromatic heterocycles. The number of Topliss-reactive ketones (excluding diaryl/α,β-unsaturated/α-hetero) is 1. The molecule has 8 heteroatoms. The van der Waals surface area contributed by atoms with Gasteiger partial charge >= 0.3 is 5.97 Å². The molecule has 0 bridgehead atoms. The van der Waals surface area contributed by atoms with Gasteiger partial charge in [0, 0.05) is 23.6 Å². The van der Waals surface area contributed by atoms with Crippen LogP contribution in [0.3, 0.4) is 0 Å². The van der Waals surface area contributed by atoms with Crippen LogP contribution in [0.5, 0.6) is 0 Å². The highest BCUT2D eigenvalue weighted by atomic mass is 35.5. The first kappa shape index (κ1) is 26.5. The van der Waals surface area contributed by atoms with E-state index in [1.165, 1.54) is 43.2 Å². The number of carbonyl (C=O) groups excluding carboxylic acids is 2. The van der Waals surface area contributed by atoms with Crippen molar-refractivity contribution < 1.29 is 28.6 Å². The molecule has 3 aromatic carbocycles. The molecule has 0 saturated carbocycles. The van der Waals surface area contributed by atoms with Crippen LogP contribution in [0.15, 0.2) is 72.8 Å². The lowest BCUT2D eigenvalue weighted by atomic mass is 9.71. The van der Waals surface area contributed by atoms with Crippen LogP contribution >= 0.6 is 11.6 Å². The number of carbonyl (C=O) groups is 3. The number of halogens is 2. The van der Waals surface area contributed by atoms with E-state index in [1.54, 1.807) is 42.5 Å². The molecule has 4 unspecified atom stereocenters. The van der Waals surface area contributed by atoms with Crippen molar-refractivity contribution in [3.8, 4) is 0 Å². The zero-order valence-corrected chi connectivity index (χ0v) is 21.4. The maximum Gasteiger partial charge on any atom is 0.330 e. The molecule has 1 heterocycles. The maximum atomic E-state index is 14.3. The minimum absolute atomic E-state index is 0.321. The van der Waals surface area contributed by atoms with Gasteiger partial charge in [-0.15, -0.1) is 0 Å². The summed E-state index contributed by atoms with van der Waals surface area (Å²) in [6, 6.07) is 18.1. The number of rotatable bonds is 7. The van der Waals surface area contributed by atoms with Gasteiger partial charge in [0.15, 0.2) is 5.78 Å². The van der Waals surface area contributed by atoms with Crippen molar-refractivity contribution in [3.05, 3.63) is 106 Å². The third-order valence-electron chi connectivity index (χ3n) is 7.10. The second-order valence-electron chi connectivity index (χ2n) is 9.43. The van der Waals surface area contributed by atoms with Crippen LogP contribution < -0.4 is 0 Å². The van der Waals surface area contributed by atoms with Gasteiger partial charge in [0.25, 0.3) is 0 Å². The molecule has 1 fully saturated rings. The zero-order chi connectivity index (χ0) is 26.9. The number of nitrogens with zero attached hydrogens (tertiary/aromatic N) is 1. The zero-order valence-electron chi connectivity index (χ0n) is 20.7. The van der Waals surface area contributed by atoms with Crippen LogP contribution in [-0.2, 0) is 14.3 Å². The molecule has 0 spiro atoms. The fraction of sp³-hybridized carbons (Fsp3) is 0.276. The Bertz CT molecular complexity index is 1330. The van der Waals surface area contributed by atoms with Crippen LogP contribution in [0, 0.1) is 18.7 Å². The van der Waals surface area contributed by atoms with Crippen molar-refractivity contribution in [1.29, 1.82) is 0 Å². The third kappa shape index (κ3) is 4.77. The van der Waals surface area contributed by atoms with E-state index in [0.717, 1.165) is 5.56 Å². The van der Waals surface area contributed by atoms with Gasteiger partial charge in [-0.05, 0) is 55.3 Å². The van der Waals surface area contributed by atoms with E-state index in [4.69, 9.17) is 16.3 Å². The second-order valence-corrected chi connectivity index (χ2v) is 9.87. The molecule has 6 nitrogen and oxygen atoms in total. The normalized spacial score (nSPS) is 23.2. The summed E-state index contributed by atoms with van der Waals surface area (Å²) in [5.41, 5.74) is 0.381. The summed E-state index contributed by atoms with van der Waals surface area (Å²) in [7, 11) is 1.34. The summed E-state index contributed by atoms with van der Waals surface area (Å²) in [4.78, 5) is 42.1. The Morgan fingerprint density at radius 3 is 2.22 bits per heavy atom. The molecule has 1 aliphatic rings. The number of carboxylic acids is 1. The highest BCUT2D eigenvalue weighted by Crippen LogP contribution is 2.56. The van der Waals surface area contributed by atoms with Crippen LogP contribution in [0.4, 0.5) is 4.39 Å². The van der Waals surface area contributed by atoms with Gasteiger partial charge in [-0.2, -0.15) is 0 Å². The van der Waals surface area contributed by atoms with Crippen molar-refractivity contribution in [2.45, 2.75) is 31.3 Å². The van der Waals surface area contributed by atoms with E-state index in [2.05, 4.69) is 0 Å². The molecular weight excluding hydrogens is 497 g/mol. The summed E-state index contributed by atoms with van der Waals surface area (Å²) in [5.74, 6) is -4.70. The average Bonchev–Trinajstić information content (AvgIpc) is 3.15. The number of benzene rings is 3. The predicted octanol–water partition coefficient (Wildman–Crippen LogP) is 5.44. The highest BCUT2D eigenvalue weighted by Gasteiger charge is 2.64. The molecule has 0 radical (unpaired) electrons. The number of likely N-dealkylation sites (tertiary alicyclic amines) is 1. The minimum Gasteiger partial charge on any atom is -0.479 e. The predicted molar refractivity (Wildman–Crippen MR) is 137 cm³/mol. The van der Waals surface area contributed by atoms with Crippen LogP contribution in [0.1, 0.15) is 45.9 Å². The minimum atomic E-state index is -1.86. The van der Waals surface area contributed by atoms with Crippen LogP contribution in [0.25, 0.3) is 0 Å². The fourth-order valence-electron chi connectivity index (χ4n) is 5.48. The molecule has 1 N–H and O–H groups in total. The Hall–Kier alpha value is -3.55. The fourth-order valence-corrected chi connectivity index (χ4v) is 5.60. The van der Waals surface area contributed by atoms with Gasteiger partial charge in [0.05, 0.1) is 12.0 Å². The number of amides is 1. The van der Waals surface area contributed by atoms with Gasteiger partial charge in [-0.3, -0.25) is 9.59 Å². The lowest BCUT2D eigenvalue weighted by Gasteiger charge is -2.37. The lowest BCUT2D eigenvalue weighted by Crippen LogP contribution is -2.55. The van der Waals surface area contributed by atoms with Crippen molar-refractivity contribution in [3.63, 3.8) is 0 Å². The molecule has 4 rings (SSSR count). The lowest BCUT2D eigenvalue weighted by molar-refractivity contribution is -0.159. The number of hydrogen-bond donors (Lipinski definition) is 1. The van der Waals surface area contributed by atoms with E-state index in [9.17, 15) is 23.9 Å². The van der Waals surface area contributed by atoms with E-state index >= 15 is 0 Å². The van der Waals surface area contributed by atoms with Gasteiger partial charge < -0.3 is 14.7 Å². The van der Waals surface area contributed by atoms with Crippen molar-refractivity contribution in [2.24, 2.45) is 5.92 Å². The first-order valence-corrected chi connectivity index (χ1v) is 12.1. The highest BCUT2D eigenvalue weighted by molar-refractivity contribution is 6.30. The topological polar surface area (TPSA) is 83.9 Å². The van der Waals surface area contributed by atoms with Crippen molar-refractivity contribution in [2.75, 3.05) is 13.7 Å². The summed E-state index contributed by atoms with van der Waals surface area (Å²) >= 11 is 6.13. The van der Waals surface area contributed by atoms with Crippen LogP contribution in [0.2, 0.25) is 5.02 Å². The third-order valence-corrected chi connectivity index (χ3v) is 7.35. The number of aliphatic carboxylic acids is 1. The molecule has 37 heavy (non-hydrogen) atoms.